The molecule has 0 aliphatic heterocycles. The molecule has 0 bridgehead atoms. The van der Waals surface area contributed by atoms with Crippen molar-refractivity contribution in [3.63, 3.8) is 0 Å². The van der Waals surface area contributed by atoms with Crippen molar-refractivity contribution < 1.29 is 5.11 Å². The molecule has 18 heavy (non-hydrogen) atoms. The molecule has 0 amide bonds. The lowest BCUT2D eigenvalue weighted by Gasteiger charge is -2.22. The summed E-state index contributed by atoms with van der Waals surface area (Å²) in [7, 11) is 0. The number of aliphatic hydroxyl groups is 1. The Morgan fingerprint density at radius 2 is 1.67 bits per heavy atom. The van der Waals surface area contributed by atoms with Crippen LogP contribution in [0.5, 0.6) is 0 Å². The van der Waals surface area contributed by atoms with E-state index in [9.17, 15) is 0 Å². The van der Waals surface area contributed by atoms with Crippen LogP contribution in [0.15, 0.2) is 24.3 Å². The number of benzene rings is 1. The van der Waals surface area contributed by atoms with Crippen molar-refractivity contribution in [1.82, 2.24) is 4.90 Å². The Morgan fingerprint density at radius 3 is 2.11 bits per heavy atom. The predicted molar refractivity (Wildman–Crippen MR) is 77.8 cm³/mol. The maximum Gasteiger partial charge on any atom is 0.0558 e. The molecule has 0 aliphatic carbocycles. The van der Waals surface area contributed by atoms with Crippen molar-refractivity contribution in [2.24, 2.45) is 0 Å². The first-order chi connectivity index (χ1) is 8.47. The normalized spacial score (nSPS) is 12.1. The summed E-state index contributed by atoms with van der Waals surface area (Å²) in [5, 5.41) is 9.05. The summed E-state index contributed by atoms with van der Waals surface area (Å²) in [6, 6.07) is 8.86. The lowest BCUT2D eigenvalue weighted by molar-refractivity contribution is 0.190. The summed E-state index contributed by atoms with van der Waals surface area (Å²) in [6.45, 7) is 11.8. The van der Waals surface area contributed by atoms with Gasteiger partial charge in [0, 0.05) is 13.1 Å². The van der Waals surface area contributed by atoms with Gasteiger partial charge in [0.15, 0.2) is 0 Å². The van der Waals surface area contributed by atoms with Gasteiger partial charge in [0.1, 0.15) is 0 Å². The van der Waals surface area contributed by atoms with Crippen molar-refractivity contribution in [2.45, 2.75) is 46.1 Å². The minimum absolute atomic E-state index is 0.215. The van der Waals surface area contributed by atoms with Crippen molar-refractivity contribution in [2.75, 3.05) is 19.7 Å². The van der Waals surface area contributed by atoms with Crippen molar-refractivity contribution in [3.8, 4) is 0 Å². The zero-order chi connectivity index (χ0) is 13.6. The first-order valence-electron chi connectivity index (χ1n) is 6.90. The molecule has 0 aliphatic rings. The molecule has 0 atom stereocenters. The summed E-state index contributed by atoms with van der Waals surface area (Å²) in [4.78, 5) is 2.30. The molecule has 0 radical (unpaired) electrons. The number of nitrogens with zero attached hydrogens (tertiary/aromatic N) is 1. The highest BCUT2D eigenvalue weighted by molar-refractivity contribution is 5.27. The second-order valence-corrected chi connectivity index (χ2v) is 5.95. The van der Waals surface area contributed by atoms with Crippen LogP contribution in [0.2, 0.25) is 0 Å². The van der Waals surface area contributed by atoms with E-state index in [2.05, 4.69) is 56.9 Å². The predicted octanol–water partition coefficient (Wildman–Crippen LogP) is 3.19. The molecule has 2 heteroatoms. The maximum atomic E-state index is 9.05. The molecule has 2 nitrogen and oxygen atoms in total. The Morgan fingerprint density at radius 1 is 1.06 bits per heavy atom. The highest BCUT2D eigenvalue weighted by atomic mass is 16.3. The second kappa shape index (κ2) is 6.91. The molecule has 0 heterocycles. The second-order valence-electron chi connectivity index (χ2n) is 5.95. The van der Waals surface area contributed by atoms with Gasteiger partial charge in [0.05, 0.1) is 6.61 Å². The van der Waals surface area contributed by atoms with E-state index in [0.717, 1.165) is 26.1 Å². The first kappa shape index (κ1) is 15.2. The Bertz CT molecular complexity index is 331. The lowest BCUT2D eigenvalue weighted by Crippen LogP contribution is -2.27. The summed E-state index contributed by atoms with van der Waals surface area (Å²) in [5.41, 5.74) is 2.91. The largest absolute Gasteiger partial charge is 0.395 e. The van der Waals surface area contributed by atoms with E-state index in [1.54, 1.807) is 0 Å². The fourth-order valence-corrected chi connectivity index (χ4v) is 2.10. The Hall–Kier alpha value is -0.860. The van der Waals surface area contributed by atoms with Crippen LogP contribution in [0.3, 0.4) is 0 Å². The summed E-state index contributed by atoms with van der Waals surface area (Å²) in [6.07, 6.45) is 1.13. The van der Waals surface area contributed by atoms with E-state index in [1.807, 2.05) is 0 Å². The van der Waals surface area contributed by atoms with Crippen molar-refractivity contribution in [3.05, 3.63) is 35.4 Å². The van der Waals surface area contributed by atoms with E-state index in [1.165, 1.54) is 11.1 Å². The van der Waals surface area contributed by atoms with Gasteiger partial charge in [-0.15, -0.1) is 0 Å². The van der Waals surface area contributed by atoms with Gasteiger partial charge in [-0.25, -0.2) is 0 Å². The monoisotopic (exact) mass is 249 g/mol. The number of hydrogen-bond acceptors (Lipinski definition) is 2. The quantitative estimate of drug-likeness (QED) is 0.837. The van der Waals surface area contributed by atoms with E-state index in [4.69, 9.17) is 5.11 Å². The molecular formula is C16H27NO. The molecule has 0 saturated carbocycles. The zero-order valence-electron chi connectivity index (χ0n) is 12.2. The third kappa shape index (κ3) is 4.79. The van der Waals surface area contributed by atoms with Gasteiger partial charge in [-0.2, -0.15) is 0 Å². The number of hydrogen-bond donors (Lipinski definition) is 1. The van der Waals surface area contributed by atoms with Crippen LogP contribution in [0.25, 0.3) is 0 Å². The Kier molecular flexibility index (Phi) is 5.83. The molecule has 0 fully saturated rings. The summed E-state index contributed by atoms with van der Waals surface area (Å²) >= 11 is 0. The molecule has 0 saturated heterocycles. The van der Waals surface area contributed by atoms with Gasteiger partial charge in [-0.1, -0.05) is 52.0 Å². The Balaban J connectivity index is 2.67. The third-order valence-electron chi connectivity index (χ3n) is 3.18. The van der Waals surface area contributed by atoms with Gasteiger partial charge in [0.2, 0.25) is 0 Å². The van der Waals surface area contributed by atoms with Crippen LogP contribution < -0.4 is 0 Å². The molecule has 102 valence electrons. The van der Waals surface area contributed by atoms with Crippen LogP contribution in [-0.4, -0.2) is 29.7 Å². The van der Waals surface area contributed by atoms with Crippen LogP contribution >= 0.6 is 0 Å². The minimum atomic E-state index is 0.215. The highest BCUT2D eigenvalue weighted by Gasteiger charge is 2.13. The van der Waals surface area contributed by atoms with Crippen LogP contribution in [0.1, 0.15) is 45.2 Å². The number of aliphatic hydroxyl groups excluding tert-OH is 1. The van der Waals surface area contributed by atoms with Crippen LogP contribution in [-0.2, 0) is 12.0 Å². The smallest absolute Gasteiger partial charge is 0.0558 e. The maximum absolute atomic E-state index is 9.05. The zero-order valence-corrected chi connectivity index (χ0v) is 12.2. The van der Waals surface area contributed by atoms with E-state index >= 15 is 0 Å². The number of rotatable bonds is 6. The van der Waals surface area contributed by atoms with Crippen LogP contribution in [0, 0.1) is 0 Å². The fourth-order valence-electron chi connectivity index (χ4n) is 2.10. The fraction of sp³-hybridized carbons (Fsp3) is 0.625. The highest BCUT2D eigenvalue weighted by Crippen LogP contribution is 2.22. The molecule has 1 aromatic rings. The molecule has 0 spiro atoms. The van der Waals surface area contributed by atoms with Gasteiger partial charge in [-0.3, -0.25) is 4.90 Å². The van der Waals surface area contributed by atoms with E-state index < -0.39 is 0 Å². The third-order valence-corrected chi connectivity index (χ3v) is 3.18. The summed E-state index contributed by atoms with van der Waals surface area (Å²) in [5.74, 6) is 0. The molecule has 1 aromatic carbocycles. The van der Waals surface area contributed by atoms with E-state index in [0.29, 0.717) is 0 Å². The van der Waals surface area contributed by atoms with E-state index in [-0.39, 0.29) is 12.0 Å². The topological polar surface area (TPSA) is 23.5 Å². The summed E-state index contributed by atoms with van der Waals surface area (Å²) < 4.78 is 0. The average molecular weight is 249 g/mol. The molecule has 1 rings (SSSR count). The molecular weight excluding hydrogens is 222 g/mol. The van der Waals surface area contributed by atoms with Gasteiger partial charge < -0.3 is 5.11 Å². The van der Waals surface area contributed by atoms with Crippen molar-refractivity contribution >= 4 is 0 Å². The van der Waals surface area contributed by atoms with Crippen LogP contribution in [0.4, 0.5) is 0 Å². The van der Waals surface area contributed by atoms with Gasteiger partial charge >= 0.3 is 0 Å². The standard InChI is InChI=1S/C16H27NO/c1-5-10-17(11-12-18)13-14-6-8-15(9-7-14)16(2,3)4/h6-9,18H,5,10-13H2,1-4H3. The van der Waals surface area contributed by atoms with Gasteiger partial charge in [-0.05, 0) is 29.5 Å². The minimum Gasteiger partial charge on any atom is -0.395 e. The first-order valence-corrected chi connectivity index (χ1v) is 6.90. The van der Waals surface area contributed by atoms with Gasteiger partial charge in [0.25, 0.3) is 0 Å². The molecule has 0 aromatic heterocycles. The Labute approximate surface area is 112 Å². The molecule has 0 unspecified atom stereocenters. The SMILES string of the molecule is CCCN(CCO)Cc1ccc(C(C)(C)C)cc1. The lowest BCUT2D eigenvalue weighted by atomic mass is 9.87. The molecule has 1 N–H and O–H groups in total. The van der Waals surface area contributed by atoms with Crippen molar-refractivity contribution in [1.29, 1.82) is 0 Å². The average Bonchev–Trinajstić information content (AvgIpc) is 2.29.